The molecule has 1 N–H and O–H groups in total. The lowest BCUT2D eigenvalue weighted by Gasteiger charge is -2.01. The molecule has 1 fully saturated rings. The van der Waals surface area contributed by atoms with Gasteiger partial charge in [-0.3, -0.25) is 0 Å². The zero-order valence-electron chi connectivity index (χ0n) is 9.60. The molecular formula is C14H18O2. The molecule has 2 atom stereocenters. The van der Waals surface area contributed by atoms with E-state index in [9.17, 15) is 0 Å². The standard InChI is InChI=1S/C14H18O2/c1-14(10-5-11-15)13(16-14)9-8-12-6-3-2-4-7-12/h2-4,6-9,13,15H,5,10-11H2,1H3/b9-8+/t13-,14+/m0/s1. The SMILES string of the molecule is C[C@]1(CCCO)O[C@H]1/C=C/c1ccccc1. The first kappa shape index (κ1) is 11.4. The molecule has 0 bridgehead atoms. The quantitative estimate of drug-likeness (QED) is 0.771. The first-order valence-corrected chi connectivity index (χ1v) is 5.76. The highest BCUT2D eigenvalue weighted by molar-refractivity contribution is 5.50. The van der Waals surface area contributed by atoms with Crippen LogP contribution in [0.4, 0.5) is 0 Å². The Morgan fingerprint density at radius 2 is 2.12 bits per heavy atom. The van der Waals surface area contributed by atoms with Gasteiger partial charge in [-0.15, -0.1) is 0 Å². The van der Waals surface area contributed by atoms with Gasteiger partial charge in [-0.25, -0.2) is 0 Å². The van der Waals surface area contributed by atoms with E-state index < -0.39 is 0 Å². The number of rotatable bonds is 5. The van der Waals surface area contributed by atoms with Crippen LogP contribution in [0.2, 0.25) is 0 Å². The van der Waals surface area contributed by atoms with Crippen LogP contribution in [0.3, 0.4) is 0 Å². The fourth-order valence-electron chi connectivity index (χ4n) is 1.89. The van der Waals surface area contributed by atoms with Gasteiger partial charge in [0.15, 0.2) is 0 Å². The molecule has 1 heterocycles. The Hall–Kier alpha value is -1.12. The summed E-state index contributed by atoms with van der Waals surface area (Å²) >= 11 is 0. The Labute approximate surface area is 96.6 Å². The summed E-state index contributed by atoms with van der Waals surface area (Å²) in [6, 6.07) is 10.2. The van der Waals surface area contributed by atoms with E-state index in [1.807, 2.05) is 18.2 Å². The average Bonchev–Trinajstić information content (AvgIpc) is 2.97. The van der Waals surface area contributed by atoms with Crippen molar-refractivity contribution >= 4 is 6.08 Å². The van der Waals surface area contributed by atoms with Crippen LogP contribution in [-0.2, 0) is 4.74 Å². The molecule has 0 amide bonds. The van der Waals surface area contributed by atoms with Crippen molar-refractivity contribution in [3.05, 3.63) is 42.0 Å². The summed E-state index contributed by atoms with van der Waals surface area (Å²) < 4.78 is 5.63. The summed E-state index contributed by atoms with van der Waals surface area (Å²) in [4.78, 5) is 0. The molecule has 86 valence electrons. The van der Waals surface area contributed by atoms with Gasteiger partial charge in [-0.1, -0.05) is 42.5 Å². The van der Waals surface area contributed by atoms with Crippen molar-refractivity contribution in [2.24, 2.45) is 0 Å². The number of aliphatic hydroxyl groups excluding tert-OH is 1. The minimum Gasteiger partial charge on any atom is -0.396 e. The Balaban J connectivity index is 1.87. The molecule has 1 aromatic rings. The van der Waals surface area contributed by atoms with Crippen molar-refractivity contribution < 1.29 is 9.84 Å². The summed E-state index contributed by atoms with van der Waals surface area (Å²) in [5.41, 5.74) is 1.15. The Kier molecular flexibility index (Phi) is 3.42. The van der Waals surface area contributed by atoms with Gasteiger partial charge in [0.2, 0.25) is 0 Å². The third-order valence-corrected chi connectivity index (χ3v) is 3.04. The van der Waals surface area contributed by atoms with E-state index >= 15 is 0 Å². The first-order valence-electron chi connectivity index (χ1n) is 5.76. The molecule has 0 aromatic heterocycles. The lowest BCUT2D eigenvalue weighted by Crippen LogP contribution is -2.08. The number of ether oxygens (including phenoxy) is 1. The van der Waals surface area contributed by atoms with Crippen LogP contribution in [0.25, 0.3) is 6.08 Å². The molecule has 2 heteroatoms. The monoisotopic (exact) mass is 218 g/mol. The zero-order chi connectivity index (χ0) is 11.4. The van der Waals surface area contributed by atoms with Crippen molar-refractivity contribution in [2.45, 2.75) is 31.5 Å². The van der Waals surface area contributed by atoms with Gasteiger partial charge >= 0.3 is 0 Å². The molecular weight excluding hydrogens is 200 g/mol. The topological polar surface area (TPSA) is 32.8 Å². The third kappa shape index (κ3) is 2.71. The van der Waals surface area contributed by atoms with Crippen LogP contribution < -0.4 is 0 Å². The van der Waals surface area contributed by atoms with Gasteiger partial charge in [-0.05, 0) is 25.3 Å². The van der Waals surface area contributed by atoms with Crippen molar-refractivity contribution in [1.29, 1.82) is 0 Å². The molecule has 1 saturated heterocycles. The highest BCUT2D eigenvalue weighted by Gasteiger charge is 2.49. The molecule has 2 rings (SSSR count). The Morgan fingerprint density at radius 3 is 2.81 bits per heavy atom. The van der Waals surface area contributed by atoms with Gasteiger partial charge in [0.05, 0.1) is 5.60 Å². The van der Waals surface area contributed by atoms with Crippen LogP contribution in [0.1, 0.15) is 25.3 Å². The number of hydrogen-bond acceptors (Lipinski definition) is 2. The van der Waals surface area contributed by atoms with Gasteiger partial charge in [0, 0.05) is 6.61 Å². The van der Waals surface area contributed by atoms with E-state index in [1.54, 1.807) is 0 Å². The summed E-state index contributed by atoms with van der Waals surface area (Å²) in [6.45, 7) is 2.34. The van der Waals surface area contributed by atoms with Crippen LogP contribution >= 0.6 is 0 Å². The number of benzene rings is 1. The predicted molar refractivity (Wildman–Crippen MR) is 65.1 cm³/mol. The van der Waals surface area contributed by atoms with Gasteiger partial charge < -0.3 is 9.84 Å². The van der Waals surface area contributed by atoms with Gasteiger partial charge in [0.1, 0.15) is 6.10 Å². The average molecular weight is 218 g/mol. The fraction of sp³-hybridized carbons (Fsp3) is 0.429. The number of hydrogen-bond donors (Lipinski definition) is 1. The third-order valence-electron chi connectivity index (χ3n) is 3.04. The second kappa shape index (κ2) is 4.81. The zero-order valence-corrected chi connectivity index (χ0v) is 9.60. The van der Waals surface area contributed by atoms with Crippen LogP contribution in [0.15, 0.2) is 36.4 Å². The molecule has 1 aromatic carbocycles. The summed E-state index contributed by atoms with van der Waals surface area (Å²) in [7, 11) is 0. The van der Waals surface area contributed by atoms with Crippen molar-refractivity contribution in [2.75, 3.05) is 6.61 Å². The summed E-state index contributed by atoms with van der Waals surface area (Å²) in [6.07, 6.45) is 6.14. The van der Waals surface area contributed by atoms with E-state index in [0.717, 1.165) is 12.8 Å². The molecule has 0 spiro atoms. The van der Waals surface area contributed by atoms with Crippen LogP contribution in [-0.4, -0.2) is 23.4 Å². The lowest BCUT2D eigenvalue weighted by atomic mass is 10.0. The minimum absolute atomic E-state index is 0.0476. The molecule has 1 aliphatic heterocycles. The van der Waals surface area contributed by atoms with E-state index in [0.29, 0.717) is 0 Å². The van der Waals surface area contributed by atoms with E-state index in [-0.39, 0.29) is 18.3 Å². The van der Waals surface area contributed by atoms with Crippen molar-refractivity contribution in [1.82, 2.24) is 0 Å². The first-order chi connectivity index (χ1) is 7.74. The Morgan fingerprint density at radius 1 is 1.38 bits per heavy atom. The second-order valence-corrected chi connectivity index (χ2v) is 4.45. The van der Waals surface area contributed by atoms with Crippen molar-refractivity contribution in [3.8, 4) is 0 Å². The van der Waals surface area contributed by atoms with Crippen LogP contribution in [0, 0.1) is 0 Å². The van der Waals surface area contributed by atoms with Crippen LogP contribution in [0.5, 0.6) is 0 Å². The minimum atomic E-state index is -0.0476. The van der Waals surface area contributed by atoms with Gasteiger partial charge in [-0.2, -0.15) is 0 Å². The maximum atomic E-state index is 8.78. The molecule has 0 unspecified atom stereocenters. The summed E-state index contributed by atoms with van der Waals surface area (Å²) in [5, 5.41) is 8.78. The normalized spacial score (nSPS) is 28.5. The molecule has 1 aliphatic rings. The maximum Gasteiger partial charge on any atom is 0.105 e. The lowest BCUT2D eigenvalue weighted by molar-refractivity contribution is 0.246. The maximum absolute atomic E-state index is 8.78. The molecule has 0 saturated carbocycles. The van der Waals surface area contributed by atoms with E-state index in [4.69, 9.17) is 9.84 Å². The van der Waals surface area contributed by atoms with E-state index in [2.05, 4.69) is 31.2 Å². The second-order valence-electron chi connectivity index (χ2n) is 4.45. The molecule has 16 heavy (non-hydrogen) atoms. The highest BCUT2D eigenvalue weighted by atomic mass is 16.6. The summed E-state index contributed by atoms with van der Waals surface area (Å²) in [5.74, 6) is 0. The number of epoxide rings is 1. The molecule has 0 aliphatic carbocycles. The molecule has 0 radical (unpaired) electrons. The highest BCUT2D eigenvalue weighted by Crippen LogP contribution is 2.41. The smallest absolute Gasteiger partial charge is 0.105 e. The number of aliphatic hydroxyl groups is 1. The Bertz CT molecular complexity index is 358. The largest absolute Gasteiger partial charge is 0.396 e. The predicted octanol–water partition coefficient (Wildman–Crippen LogP) is 2.63. The van der Waals surface area contributed by atoms with Gasteiger partial charge in [0.25, 0.3) is 0 Å². The fourth-order valence-corrected chi connectivity index (χ4v) is 1.89. The van der Waals surface area contributed by atoms with E-state index in [1.165, 1.54) is 5.56 Å². The van der Waals surface area contributed by atoms with Crippen molar-refractivity contribution in [3.63, 3.8) is 0 Å². The molecule has 2 nitrogen and oxygen atoms in total.